The van der Waals surface area contributed by atoms with Crippen LogP contribution in [-0.4, -0.2) is 19.6 Å². The molecule has 1 N–H and O–H groups in total. The molecule has 0 amide bonds. The highest BCUT2D eigenvalue weighted by Crippen LogP contribution is 2.44. The van der Waals surface area contributed by atoms with E-state index in [9.17, 15) is 5.11 Å². The summed E-state index contributed by atoms with van der Waals surface area (Å²) >= 11 is 0. The zero-order valence-corrected chi connectivity index (χ0v) is 27.3. The van der Waals surface area contributed by atoms with Gasteiger partial charge in [-0.25, -0.2) is 9.97 Å². The molecule has 3 aromatic heterocycles. The van der Waals surface area contributed by atoms with E-state index < -0.39 is 0 Å². The summed E-state index contributed by atoms with van der Waals surface area (Å²) in [5.74, 6) is 1.95. The summed E-state index contributed by atoms with van der Waals surface area (Å²) in [6, 6.07) is 53.4. The van der Waals surface area contributed by atoms with Gasteiger partial charge in [0.2, 0.25) is 5.88 Å². The van der Waals surface area contributed by atoms with Gasteiger partial charge in [-0.1, -0.05) is 103 Å². The van der Waals surface area contributed by atoms with Crippen molar-refractivity contribution in [1.29, 1.82) is 0 Å². The first-order valence-corrected chi connectivity index (χ1v) is 16.6. The molecule has 0 unspecified atom stereocenters. The normalized spacial score (nSPS) is 11.4. The van der Waals surface area contributed by atoms with Crippen molar-refractivity contribution in [2.75, 3.05) is 0 Å². The average molecular weight is 646 g/mol. The zero-order chi connectivity index (χ0) is 33.6. The molecule has 0 saturated carbocycles. The van der Waals surface area contributed by atoms with Crippen LogP contribution < -0.4 is 4.74 Å². The van der Waals surface area contributed by atoms with Gasteiger partial charge in [-0.3, -0.25) is 4.57 Å². The third-order valence-electron chi connectivity index (χ3n) is 9.30. The van der Waals surface area contributed by atoms with Gasteiger partial charge in [-0.15, -0.1) is 0 Å². The van der Waals surface area contributed by atoms with E-state index in [1.807, 2.05) is 66.9 Å². The van der Waals surface area contributed by atoms with Gasteiger partial charge in [-0.2, -0.15) is 0 Å². The molecule has 0 aliphatic rings. The monoisotopic (exact) mass is 645 g/mol. The third-order valence-corrected chi connectivity index (χ3v) is 9.30. The Morgan fingerprint density at radius 2 is 1.20 bits per heavy atom. The summed E-state index contributed by atoms with van der Waals surface area (Å²) in [5.41, 5.74) is 10.2. The van der Waals surface area contributed by atoms with E-state index in [-0.39, 0.29) is 5.75 Å². The van der Waals surface area contributed by atoms with Crippen LogP contribution in [0.3, 0.4) is 0 Å². The van der Waals surface area contributed by atoms with Gasteiger partial charge in [0.05, 0.1) is 11.0 Å². The fourth-order valence-electron chi connectivity index (χ4n) is 7.01. The predicted molar refractivity (Wildman–Crippen MR) is 203 cm³/mol. The van der Waals surface area contributed by atoms with Crippen molar-refractivity contribution < 1.29 is 9.84 Å². The smallest absolute Gasteiger partial charge is 0.219 e. The minimum atomic E-state index is 0.105. The van der Waals surface area contributed by atoms with Crippen LogP contribution in [0.15, 0.2) is 164 Å². The molecule has 0 atom stereocenters. The van der Waals surface area contributed by atoms with Crippen LogP contribution in [0.4, 0.5) is 0 Å². The molecule has 9 aromatic rings. The summed E-state index contributed by atoms with van der Waals surface area (Å²) in [5, 5.41) is 13.9. The van der Waals surface area contributed by atoms with Crippen molar-refractivity contribution in [2.45, 2.75) is 6.92 Å². The molecule has 0 bridgehead atoms. The molecule has 3 heterocycles. The van der Waals surface area contributed by atoms with Crippen molar-refractivity contribution in [1.82, 2.24) is 14.5 Å². The Hall–Kier alpha value is -6.72. The number of phenols is 1. The van der Waals surface area contributed by atoms with Crippen molar-refractivity contribution >= 4 is 32.7 Å². The molecule has 0 saturated heterocycles. The lowest BCUT2D eigenvalue weighted by Crippen LogP contribution is -1.99. The summed E-state index contributed by atoms with van der Waals surface area (Å²) in [4.78, 5) is 9.68. The minimum absolute atomic E-state index is 0.105. The van der Waals surface area contributed by atoms with Gasteiger partial charge in [0.15, 0.2) is 0 Å². The quantitative estimate of drug-likeness (QED) is 0.195. The molecule has 0 aliphatic carbocycles. The second kappa shape index (κ2) is 12.1. The van der Waals surface area contributed by atoms with Crippen LogP contribution >= 0.6 is 0 Å². The number of pyridine rings is 2. The molecule has 5 heteroatoms. The zero-order valence-electron chi connectivity index (χ0n) is 27.3. The Bertz CT molecular complexity index is 2690. The standard InChI is InChI=1S/C45H31N3O2/c1-29-25-26-46-41(27-29)48-39-28-33(50-42-24-22-37-34(30-11-5-2-6-12-30)21-23-40(49)44(37)47-42)17-18-38(39)43-35(31-13-7-3-8-14-31)19-20-36(45(43)48)32-15-9-4-10-16-32/h2-28,49H,1H3. The highest BCUT2D eigenvalue weighted by atomic mass is 16.5. The summed E-state index contributed by atoms with van der Waals surface area (Å²) in [6.45, 7) is 2.09. The fourth-order valence-corrected chi connectivity index (χ4v) is 7.01. The van der Waals surface area contributed by atoms with Crippen molar-refractivity contribution in [3.63, 3.8) is 0 Å². The maximum absolute atomic E-state index is 10.9. The number of benzene rings is 6. The lowest BCUT2D eigenvalue weighted by Gasteiger charge is -2.14. The number of aryl methyl sites for hydroxylation is 1. The van der Waals surface area contributed by atoms with Crippen molar-refractivity contribution in [3.8, 4) is 56.6 Å². The highest BCUT2D eigenvalue weighted by molar-refractivity contribution is 6.19. The Balaban J connectivity index is 1.27. The Morgan fingerprint density at radius 3 is 1.90 bits per heavy atom. The first-order valence-electron chi connectivity index (χ1n) is 16.6. The molecule has 0 aliphatic heterocycles. The molecule has 50 heavy (non-hydrogen) atoms. The number of aromatic nitrogens is 3. The van der Waals surface area contributed by atoms with E-state index >= 15 is 0 Å². The number of rotatable bonds is 6. The van der Waals surface area contributed by atoms with Crippen LogP contribution in [0.25, 0.3) is 71.9 Å². The van der Waals surface area contributed by atoms with Crippen LogP contribution in [0.5, 0.6) is 17.4 Å². The predicted octanol–water partition coefficient (Wildman–Crippen LogP) is 11.5. The number of hydrogen-bond acceptors (Lipinski definition) is 4. The molecule has 6 aromatic carbocycles. The van der Waals surface area contributed by atoms with Gasteiger partial charge in [0.1, 0.15) is 22.8 Å². The van der Waals surface area contributed by atoms with Crippen LogP contribution in [0.1, 0.15) is 5.56 Å². The van der Waals surface area contributed by atoms with E-state index in [4.69, 9.17) is 14.7 Å². The third kappa shape index (κ3) is 5.04. The molecule has 238 valence electrons. The molecule has 5 nitrogen and oxygen atoms in total. The van der Waals surface area contributed by atoms with Crippen LogP contribution in [0.2, 0.25) is 0 Å². The summed E-state index contributed by atoms with van der Waals surface area (Å²) < 4.78 is 8.73. The molecule has 0 fully saturated rings. The number of fused-ring (bicyclic) bond motifs is 4. The lowest BCUT2D eigenvalue weighted by molar-refractivity contribution is 0.460. The molecular weight excluding hydrogens is 615 g/mol. The van der Waals surface area contributed by atoms with E-state index in [2.05, 4.69) is 102 Å². The highest BCUT2D eigenvalue weighted by Gasteiger charge is 2.22. The number of ether oxygens (including phenoxy) is 1. The van der Waals surface area contributed by atoms with Gasteiger partial charge >= 0.3 is 0 Å². The van der Waals surface area contributed by atoms with Gasteiger partial charge < -0.3 is 9.84 Å². The van der Waals surface area contributed by atoms with E-state index in [1.54, 1.807) is 6.07 Å². The largest absolute Gasteiger partial charge is 0.506 e. The first kappa shape index (κ1) is 29.4. The second-order valence-electron chi connectivity index (χ2n) is 12.5. The van der Waals surface area contributed by atoms with Crippen molar-refractivity contribution in [2.24, 2.45) is 0 Å². The van der Waals surface area contributed by atoms with E-state index in [0.717, 1.165) is 72.0 Å². The lowest BCUT2D eigenvalue weighted by atomic mass is 9.94. The number of hydrogen-bond donors (Lipinski definition) is 1. The number of aromatic hydroxyl groups is 1. The topological polar surface area (TPSA) is 60.2 Å². The van der Waals surface area contributed by atoms with Gasteiger partial charge in [0.25, 0.3) is 0 Å². The Labute approximate surface area is 289 Å². The Kier molecular flexibility index (Phi) is 7.10. The maximum Gasteiger partial charge on any atom is 0.219 e. The summed E-state index contributed by atoms with van der Waals surface area (Å²) in [7, 11) is 0. The second-order valence-corrected chi connectivity index (χ2v) is 12.5. The fraction of sp³-hybridized carbons (Fsp3) is 0.0222. The first-order chi connectivity index (χ1) is 24.6. The molecule has 0 spiro atoms. The minimum Gasteiger partial charge on any atom is -0.506 e. The van der Waals surface area contributed by atoms with Crippen LogP contribution in [0, 0.1) is 6.92 Å². The van der Waals surface area contributed by atoms with Crippen LogP contribution in [-0.2, 0) is 0 Å². The molecular formula is C45H31N3O2. The van der Waals surface area contributed by atoms with Gasteiger partial charge in [-0.05, 0) is 82.8 Å². The SMILES string of the molecule is Cc1ccnc(-n2c3cc(Oc4ccc5c(-c6ccccc6)ccc(O)c5n4)ccc3c3c(-c4ccccc4)ccc(-c4ccccc4)c32)c1. The number of nitrogens with zero attached hydrogens (tertiary/aromatic N) is 3. The van der Waals surface area contributed by atoms with E-state index in [0.29, 0.717) is 17.1 Å². The molecule has 9 rings (SSSR count). The summed E-state index contributed by atoms with van der Waals surface area (Å²) in [6.07, 6.45) is 1.86. The average Bonchev–Trinajstić information content (AvgIpc) is 3.50. The van der Waals surface area contributed by atoms with Crippen molar-refractivity contribution in [3.05, 3.63) is 169 Å². The maximum atomic E-state index is 10.9. The van der Waals surface area contributed by atoms with Gasteiger partial charge in [0, 0.05) is 40.1 Å². The number of phenolic OH excluding ortho intramolecular Hbond substituents is 1. The van der Waals surface area contributed by atoms with E-state index in [1.165, 1.54) is 0 Å². The Morgan fingerprint density at radius 1 is 0.580 bits per heavy atom. The molecule has 0 radical (unpaired) electrons.